The Bertz CT molecular complexity index is 409. The molecular weight excluding hydrogens is 321 g/mol. The number of rotatable bonds is 2. The van der Waals surface area contributed by atoms with Crippen LogP contribution in [0.4, 0.5) is 5.69 Å². The van der Waals surface area contributed by atoms with Gasteiger partial charge in [-0.1, -0.05) is 0 Å². The maximum atomic E-state index is 10.2. The minimum absolute atomic E-state index is 0. The van der Waals surface area contributed by atoms with E-state index in [2.05, 4.69) is 40.4 Å². The molecule has 0 amide bonds. The molecule has 21 heavy (non-hydrogen) atoms. The van der Waals surface area contributed by atoms with Crippen LogP contribution < -0.4 is 0 Å². The molecule has 8 heteroatoms. The van der Waals surface area contributed by atoms with Crippen LogP contribution in [0.3, 0.4) is 0 Å². The van der Waals surface area contributed by atoms with E-state index in [1.54, 1.807) is 12.1 Å². The van der Waals surface area contributed by atoms with Crippen LogP contribution in [0, 0.1) is 56.5 Å². The van der Waals surface area contributed by atoms with Crippen molar-refractivity contribution in [2.24, 2.45) is 0 Å². The number of benzene rings is 1. The first-order valence-corrected chi connectivity index (χ1v) is 4.18. The van der Waals surface area contributed by atoms with Gasteiger partial charge >= 0.3 is 62.3 Å². The van der Waals surface area contributed by atoms with Gasteiger partial charge in [0.2, 0.25) is 5.69 Å². The van der Waals surface area contributed by atoms with Crippen LogP contribution in [-0.2, 0) is 35.7 Å². The molecule has 0 aliphatic carbocycles. The maximum Gasteiger partial charge on any atom is 3.00 e. The average molecular weight is 329 g/mol. The van der Waals surface area contributed by atoms with Crippen LogP contribution in [0.25, 0.3) is 0 Å². The Morgan fingerprint density at radius 2 is 1.19 bits per heavy atom. The van der Waals surface area contributed by atoms with Crippen molar-refractivity contribution in [1.29, 1.82) is 0 Å². The molecule has 0 unspecified atom stereocenters. The molecule has 0 heterocycles. The van der Waals surface area contributed by atoms with Crippen LogP contribution in [-0.4, -0.2) is 4.92 Å². The predicted octanol–water partition coefficient (Wildman–Crippen LogP) is 2.03. The molecule has 0 radical (unpaired) electrons. The third-order valence-electron chi connectivity index (χ3n) is 1.49. The van der Waals surface area contributed by atoms with Crippen LogP contribution in [0.2, 0.25) is 0 Å². The molecule has 0 spiro atoms. The number of non-ortho nitro benzene ring substituents is 1. The number of nitro benzene ring substituents is 1. The molecule has 7 nitrogen and oxygen atoms in total. The normalized spacial score (nSPS) is 5.81. The van der Waals surface area contributed by atoms with Gasteiger partial charge in [0, 0.05) is 0 Å². The molecule has 0 saturated carbocycles. The molecule has 0 bridgehead atoms. The summed E-state index contributed by atoms with van der Waals surface area (Å²) in [6.07, 6.45) is 0. The van der Waals surface area contributed by atoms with E-state index in [4.69, 9.17) is 18.6 Å². The fourth-order valence-corrected chi connectivity index (χ4v) is 0.819. The molecule has 0 aliphatic heterocycles. The molecule has 0 aliphatic rings. The SMILES string of the molecule is [C-]#[O+].[C-]#[O+].[C-]#[O+].[C-]#[O+].[CH2-][C-]([CH2-])c1ccc([N+](=O)[O-])cc1.[Mn+3]. The van der Waals surface area contributed by atoms with Crippen LogP contribution in [0.5, 0.6) is 0 Å². The van der Waals surface area contributed by atoms with Crippen LogP contribution in [0.1, 0.15) is 5.56 Å². The van der Waals surface area contributed by atoms with E-state index in [1.807, 2.05) is 0 Å². The topological polar surface area (TPSA) is 123 Å². The van der Waals surface area contributed by atoms with Crippen molar-refractivity contribution in [3.05, 3.63) is 86.3 Å². The zero-order valence-corrected chi connectivity index (χ0v) is 11.7. The Labute approximate surface area is 133 Å². The van der Waals surface area contributed by atoms with Crippen LogP contribution >= 0.6 is 0 Å². The maximum absolute atomic E-state index is 10.2. The molecule has 0 N–H and O–H groups in total. The number of hydrogen-bond acceptors (Lipinski definition) is 2. The Balaban J connectivity index is -0.0000000823. The van der Waals surface area contributed by atoms with Gasteiger partial charge in [0.1, 0.15) is 0 Å². The first-order chi connectivity index (χ1) is 9.61. The minimum atomic E-state index is -0.435. The molecule has 0 atom stereocenters. The van der Waals surface area contributed by atoms with Gasteiger partial charge in [-0.3, -0.25) is 10.1 Å². The number of nitro groups is 1. The third-order valence-corrected chi connectivity index (χ3v) is 1.49. The van der Waals surface area contributed by atoms with Crippen LogP contribution in [0.15, 0.2) is 24.3 Å². The summed E-state index contributed by atoms with van der Waals surface area (Å²) >= 11 is 0. The predicted molar refractivity (Wildman–Crippen MR) is 61.9 cm³/mol. The van der Waals surface area contributed by atoms with Crippen molar-refractivity contribution in [2.75, 3.05) is 0 Å². The van der Waals surface area contributed by atoms with E-state index < -0.39 is 4.92 Å². The van der Waals surface area contributed by atoms with Crippen molar-refractivity contribution in [1.82, 2.24) is 0 Å². The fraction of sp³-hybridized carbons (Fsp3) is 0. The summed E-state index contributed by atoms with van der Waals surface area (Å²) in [4.78, 5) is 9.81. The fourth-order valence-electron chi connectivity index (χ4n) is 0.819. The standard InChI is InChI=1S/C9H8NO2.4CO.Mn/c1-7(2)8-3-5-9(6-4-8)10(11)12;4*1-2;/h3-6H,1-2H2;;;;;/q-3;;;;;+3. The van der Waals surface area contributed by atoms with Gasteiger partial charge in [-0.15, -0.1) is 0 Å². The van der Waals surface area contributed by atoms with Gasteiger partial charge in [0.05, 0.1) is 4.92 Å². The molecule has 1 rings (SSSR count). The summed E-state index contributed by atoms with van der Waals surface area (Å²) in [5.41, 5.74) is 0.903. The molecule has 0 saturated heterocycles. The largest absolute Gasteiger partial charge is 3.00 e. The molecule has 0 fully saturated rings. The van der Waals surface area contributed by atoms with Crippen molar-refractivity contribution in [3.63, 3.8) is 0 Å². The van der Waals surface area contributed by atoms with Crippen molar-refractivity contribution in [3.8, 4) is 0 Å². The third kappa shape index (κ3) is 18.0. The number of nitrogens with zero attached hydrogens (tertiary/aromatic N) is 1. The second-order valence-electron chi connectivity index (χ2n) is 2.41. The van der Waals surface area contributed by atoms with Gasteiger partial charge in [-0.25, -0.2) is 5.56 Å². The van der Waals surface area contributed by atoms with E-state index in [0.29, 0.717) is 5.92 Å². The summed E-state index contributed by atoms with van der Waals surface area (Å²) in [6, 6.07) is 6.14. The molecular formula is C13H8MnNO6. The van der Waals surface area contributed by atoms with Gasteiger partial charge in [0.15, 0.2) is 0 Å². The molecule has 1 aromatic carbocycles. The summed E-state index contributed by atoms with van der Waals surface area (Å²) < 4.78 is 30.0. The zero-order valence-electron chi connectivity index (χ0n) is 10.5. The van der Waals surface area contributed by atoms with E-state index in [-0.39, 0.29) is 22.8 Å². The van der Waals surface area contributed by atoms with E-state index in [9.17, 15) is 10.1 Å². The van der Waals surface area contributed by atoms with Crippen molar-refractivity contribution >= 4 is 5.69 Å². The smallest absolute Gasteiger partial charge is 0.490 e. The van der Waals surface area contributed by atoms with Gasteiger partial charge < -0.3 is 19.8 Å². The summed E-state index contributed by atoms with van der Waals surface area (Å²) in [5.74, 6) is 0.657. The number of hydrogen-bond donors (Lipinski definition) is 0. The van der Waals surface area contributed by atoms with E-state index >= 15 is 0 Å². The van der Waals surface area contributed by atoms with Gasteiger partial charge in [-0.05, 0) is 12.1 Å². The van der Waals surface area contributed by atoms with E-state index in [0.717, 1.165) is 5.56 Å². The Hall–Kier alpha value is -2.03. The van der Waals surface area contributed by atoms with Crippen molar-refractivity contribution in [2.45, 2.75) is 0 Å². The zero-order chi connectivity index (χ0) is 17.1. The monoisotopic (exact) mass is 329 g/mol. The van der Waals surface area contributed by atoms with Gasteiger partial charge in [0.25, 0.3) is 0 Å². The quantitative estimate of drug-likeness (QED) is 0.271. The Morgan fingerprint density at radius 1 is 0.905 bits per heavy atom. The summed E-state index contributed by atoms with van der Waals surface area (Å²) in [7, 11) is 0. The first-order valence-electron chi connectivity index (χ1n) is 4.18. The summed E-state index contributed by atoms with van der Waals surface area (Å²) in [5, 5.41) is 10.2. The van der Waals surface area contributed by atoms with E-state index in [1.165, 1.54) is 12.1 Å². The second-order valence-corrected chi connectivity index (χ2v) is 2.41. The Kier molecular flexibility index (Phi) is 39.6. The molecule has 0 aromatic heterocycles. The Morgan fingerprint density at radius 3 is 1.38 bits per heavy atom. The summed E-state index contributed by atoms with van der Waals surface area (Å²) in [6.45, 7) is 25.2. The molecule has 1 aromatic rings. The van der Waals surface area contributed by atoms with Crippen molar-refractivity contribution < 1.29 is 40.6 Å². The second kappa shape index (κ2) is 26.5. The van der Waals surface area contributed by atoms with Gasteiger partial charge in [-0.2, -0.15) is 12.1 Å². The molecule has 108 valence electrons. The minimum Gasteiger partial charge on any atom is -0.490 e. The first kappa shape index (κ1) is 31.4. The average Bonchev–Trinajstić information content (AvgIpc) is 2.55.